The molecule has 148 valence electrons. The molecule has 2 aromatic rings. The predicted octanol–water partition coefficient (Wildman–Crippen LogP) is 4.72. The standard InChI is InChI=1S/C22H31NO4/c1-14(2)10-11-23(6)19(24)13-17-16-12-15(26-7)8-9-18(16)27-20(17)21(25)22(3,4)5/h8-9,12,14H,10-11,13H2,1-7H3. The maximum atomic E-state index is 12.9. The molecule has 0 saturated carbocycles. The number of rotatable bonds is 7. The number of methoxy groups -OCH3 is 1. The van der Waals surface area contributed by atoms with Crippen LogP contribution in [-0.2, 0) is 11.2 Å². The number of furan rings is 1. The van der Waals surface area contributed by atoms with Gasteiger partial charge in [0.15, 0.2) is 5.76 Å². The second kappa shape index (κ2) is 8.15. The van der Waals surface area contributed by atoms with E-state index in [2.05, 4.69) is 13.8 Å². The molecule has 0 N–H and O–H groups in total. The van der Waals surface area contributed by atoms with Gasteiger partial charge in [-0.05, 0) is 30.5 Å². The minimum atomic E-state index is -0.598. The van der Waals surface area contributed by atoms with Gasteiger partial charge in [-0.1, -0.05) is 34.6 Å². The molecule has 0 fully saturated rings. The largest absolute Gasteiger partial charge is 0.497 e. The molecule has 0 unspecified atom stereocenters. The molecule has 2 rings (SSSR count). The third-order valence-corrected chi connectivity index (χ3v) is 4.68. The highest BCUT2D eigenvalue weighted by Crippen LogP contribution is 2.33. The molecule has 0 bridgehead atoms. The number of carbonyl (C=O) groups excluding carboxylic acids is 2. The fourth-order valence-electron chi connectivity index (χ4n) is 2.82. The normalized spacial score (nSPS) is 11.9. The van der Waals surface area contributed by atoms with Crippen molar-refractivity contribution in [1.82, 2.24) is 4.90 Å². The number of fused-ring (bicyclic) bond motifs is 1. The molecule has 0 aliphatic carbocycles. The number of benzene rings is 1. The van der Waals surface area contributed by atoms with Gasteiger partial charge in [0.05, 0.1) is 13.5 Å². The zero-order valence-electron chi connectivity index (χ0n) is 17.5. The Kier molecular flexibility index (Phi) is 6.34. The predicted molar refractivity (Wildman–Crippen MR) is 107 cm³/mol. The van der Waals surface area contributed by atoms with Crippen molar-refractivity contribution in [3.05, 3.63) is 29.5 Å². The molecule has 0 aliphatic heterocycles. The van der Waals surface area contributed by atoms with Crippen LogP contribution in [0.5, 0.6) is 5.75 Å². The molecule has 0 aliphatic rings. The third-order valence-electron chi connectivity index (χ3n) is 4.68. The first-order valence-electron chi connectivity index (χ1n) is 9.42. The monoisotopic (exact) mass is 373 g/mol. The van der Waals surface area contributed by atoms with E-state index in [1.54, 1.807) is 31.2 Å². The SMILES string of the molecule is COc1ccc2oc(C(=O)C(C)(C)C)c(CC(=O)N(C)CCC(C)C)c2c1. The van der Waals surface area contributed by atoms with Crippen LogP contribution in [0.1, 0.15) is 57.2 Å². The first-order chi connectivity index (χ1) is 12.5. The van der Waals surface area contributed by atoms with E-state index in [1.165, 1.54) is 0 Å². The van der Waals surface area contributed by atoms with Crippen molar-refractivity contribution in [1.29, 1.82) is 0 Å². The molecule has 5 nitrogen and oxygen atoms in total. The topological polar surface area (TPSA) is 59.8 Å². The zero-order chi connectivity index (χ0) is 20.4. The maximum Gasteiger partial charge on any atom is 0.226 e. The van der Waals surface area contributed by atoms with Crippen LogP contribution in [-0.4, -0.2) is 37.3 Å². The van der Waals surface area contributed by atoms with Crippen molar-refractivity contribution in [2.24, 2.45) is 11.3 Å². The first kappa shape index (κ1) is 21.0. The summed E-state index contributed by atoms with van der Waals surface area (Å²) in [5, 5.41) is 0.757. The number of ketones is 1. The molecule has 0 spiro atoms. The van der Waals surface area contributed by atoms with Crippen LogP contribution in [0.15, 0.2) is 22.6 Å². The van der Waals surface area contributed by atoms with Crippen molar-refractivity contribution in [3.8, 4) is 5.75 Å². The van der Waals surface area contributed by atoms with E-state index >= 15 is 0 Å². The van der Waals surface area contributed by atoms with Crippen LogP contribution in [0.25, 0.3) is 11.0 Å². The third kappa shape index (κ3) is 4.90. The zero-order valence-corrected chi connectivity index (χ0v) is 17.5. The number of ether oxygens (including phenoxy) is 1. The summed E-state index contributed by atoms with van der Waals surface area (Å²) in [5.41, 5.74) is 0.639. The van der Waals surface area contributed by atoms with Crippen molar-refractivity contribution >= 4 is 22.7 Å². The number of Topliss-reactive ketones (excluding diaryl/α,β-unsaturated/α-hetero) is 1. The summed E-state index contributed by atoms with van der Waals surface area (Å²) in [5.74, 6) is 1.34. The van der Waals surface area contributed by atoms with Gasteiger partial charge in [0.2, 0.25) is 11.7 Å². The lowest BCUT2D eigenvalue weighted by Crippen LogP contribution is -2.30. The highest BCUT2D eigenvalue weighted by Gasteiger charge is 2.31. The summed E-state index contributed by atoms with van der Waals surface area (Å²) >= 11 is 0. The second-order valence-electron chi connectivity index (χ2n) is 8.53. The van der Waals surface area contributed by atoms with Crippen LogP contribution in [0.3, 0.4) is 0 Å². The Bertz CT molecular complexity index is 827. The fraction of sp³-hybridized carbons (Fsp3) is 0.545. The molecule has 1 aromatic carbocycles. The fourth-order valence-corrected chi connectivity index (χ4v) is 2.82. The molecule has 1 aromatic heterocycles. The van der Waals surface area contributed by atoms with Crippen LogP contribution < -0.4 is 4.74 Å². The Labute approximate surface area is 161 Å². The van der Waals surface area contributed by atoms with Gasteiger partial charge in [-0.3, -0.25) is 9.59 Å². The Morgan fingerprint density at radius 1 is 1.22 bits per heavy atom. The molecular weight excluding hydrogens is 342 g/mol. The van der Waals surface area contributed by atoms with E-state index in [-0.39, 0.29) is 23.9 Å². The summed E-state index contributed by atoms with van der Waals surface area (Å²) in [6.07, 6.45) is 1.07. The van der Waals surface area contributed by atoms with E-state index < -0.39 is 5.41 Å². The smallest absolute Gasteiger partial charge is 0.226 e. The Morgan fingerprint density at radius 2 is 1.89 bits per heavy atom. The average molecular weight is 373 g/mol. The van der Waals surface area contributed by atoms with Gasteiger partial charge in [-0.25, -0.2) is 0 Å². The second-order valence-corrected chi connectivity index (χ2v) is 8.53. The van der Waals surface area contributed by atoms with Gasteiger partial charge < -0.3 is 14.1 Å². The highest BCUT2D eigenvalue weighted by atomic mass is 16.5. The van der Waals surface area contributed by atoms with Crippen LogP contribution in [0, 0.1) is 11.3 Å². The Hall–Kier alpha value is -2.30. The van der Waals surface area contributed by atoms with Crippen LogP contribution >= 0.6 is 0 Å². The molecule has 1 heterocycles. The number of hydrogen-bond acceptors (Lipinski definition) is 4. The van der Waals surface area contributed by atoms with Gasteiger partial charge in [-0.15, -0.1) is 0 Å². The lowest BCUT2D eigenvalue weighted by atomic mass is 9.87. The molecule has 5 heteroatoms. The van der Waals surface area contributed by atoms with Gasteiger partial charge in [0.25, 0.3) is 0 Å². The van der Waals surface area contributed by atoms with Crippen molar-refractivity contribution in [2.75, 3.05) is 20.7 Å². The van der Waals surface area contributed by atoms with E-state index in [1.807, 2.05) is 26.8 Å². The van der Waals surface area contributed by atoms with E-state index in [9.17, 15) is 9.59 Å². The summed E-state index contributed by atoms with van der Waals surface area (Å²) < 4.78 is 11.2. The van der Waals surface area contributed by atoms with Crippen molar-refractivity contribution in [3.63, 3.8) is 0 Å². The number of carbonyl (C=O) groups is 2. The molecular formula is C22H31NO4. The first-order valence-corrected chi connectivity index (χ1v) is 9.42. The number of likely N-dealkylation sites (N-methyl/N-ethyl adjacent to an activating group) is 1. The maximum absolute atomic E-state index is 12.9. The lowest BCUT2D eigenvalue weighted by Gasteiger charge is -2.19. The minimum Gasteiger partial charge on any atom is -0.497 e. The average Bonchev–Trinajstić information content (AvgIpc) is 2.95. The van der Waals surface area contributed by atoms with Crippen molar-refractivity contribution < 1.29 is 18.7 Å². The minimum absolute atomic E-state index is 0.0240. The van der Waals surface area contributed by atoms with Gasteiger partial charge in [0.1, 0.15) is 11.3 Å². The summed E-state index contributed by atoms with van der Waals surface area (Å²) in [6.45, 7) is 10.5. The van der Waals surface area contributed by atoms with Crippen molar-refractivity contribution in [2.45, 2.75) is 47.5 Å². The molecule has 0 saturated heterocycles. The van der Waals surface area contributed by atoms with E-state index in [0.29, 0.717) is 29.4 Å². The van der Waals surface area contributed by atoms with Gasteiger partial charge in [0, 0.05) is 30.0 Å². The summed E-state index contributed by atoms with van der Waals surface area (Å²) in [4.78, 5) is 27.4. The number of amides is 1. The molecule has 1 amide bonds. The summed E-state index contributed by atoms with van der Waals surface area (Å²) in [7, 11) is 3.39. The quantitative estimate of drug-likeness (QED) is 0.659. The highest BCUT2D eigenvalue weighted by molar-refractivity contribution is 6.04. The molecule has 0 atom stereocenters. The molecule has 27 heavy (non-hydrogen) atoms. The molecule has 0 radical (unpaired) electrons. The van der Waals surface area contributed by atoms with E-state index in [0.717, 1.165) is 11.8 Å². The Balaban J connectivity index is 2.45. The van der Waals surface area contributed by atoms with Gasteiger partial charge >= 0.3 is 0 Å². The van der Waals surface area contributed by atoms with E-state index in [4.69, 9.17) is 9.15 Å². The van der Waals surface area contributed by atoms with Crippen LogP contribution in [0.2, 0.25) is 0 Å². The number of nitrogens with zero attached hydrogens (tertiary/aromatic N) is 1. The van der Waals surface area contributed by atoms with Crippen LogP contribution in [0.4, 0.5) is 0 Å². The number of hydrogen-bond donors (Lipinski definition) is 0. The lowest BCUT2D eigenvalue weighted by molar-refractivity contribution is -0.129. The summed E-state index contributed by atoms with van der Waals surface area (Å²) in [6, 6.07) is 5.40. The van der Waals surface area contributed by atoms with Gasteiger partial charge in [-0.2, -0.15) is 0 Å². The Morgan fingerprint density at radius 3 is 2.44 bits per heavy atom.